The van der Waals surface area contributed by atoms with Gasteiger partial charge >= 0.3 is 37.7 Å². The average Bonchev–Trinajstić information content (AvgIpc) is 2.18. The summed E-state index contributed by atoms with van der Waals surface area (Å²) in [7, 11) is 0. The van der Waals surface area contributed by atoms with Crippen molar-refractivity contribution in [2.75, 3.05) is 0 Å². The van der Waals surface area contributed by atoms with E-state index < -0.39 is 18.4 Å². The van der Waals surface area contributed by atoms with E-state index in [0.29, 0.717) is 5.30 Å². The molecule has 8 heteroatoms. The van der Waals surface area contributed by atoms with Gasteiger partial charge in [-0.15, -0.1) is 0 Å². The Morgan fingerprint density at radius 2 is 1.82 bits per heavy atom. The summed E-state index contributed by atoms with van der Waals surface area (Å²) in [5.74, 6) is -1.32. The molecule has 0 saturated carbocycles. The molecule has 0 aromatic heterocycles. The van der Waals surface area contributed by atoms with Crippen molar-refractivity contribution in [2.45, 2.75) is 13.0 Å². The van der Waals surface area contributed by atoms with Gasteiger partial charge < -0.3 is 14.8 Å². The smallest absolute Gasteiger partial charge is 0.807 e. The van der Waals surface area contributed by atoms with Crippen LogP contribution in [0.25, 0.3) is 0 Å². The second-order valence-electron chi connectivity index (χ2n) is 3.06. The topological polar surface area (TPSA) is 75.2 Å². The number of aliphatic carboxylic acids is 1. The Morgan fingerprint density at radius 1 is 1.35 bits per heavy atom. The molecule has 4 nitrogen and oxygen atoms in total. The van der Waals surface area contributed by atoms with Crippen LogP contribution in [0.15, 0.2) is 30.3 Å². The predicted octanol–water partition coefficient (Wildman–Crippen LogP) is -7.28. The fourth-order valence-electron chi connectivity index (χ4n) is 1.01. The molecule has 0 aliphatic heterocycles. The Morgan fingerprint density at radius 3 is 2.24 bits per heavy atom. The molecule has 0 spiro atoms. The zero-order valence-corrected chi connectivity index (χ0v) is 11.8. The van der Waals surface area contributed by atoms with Crippen molar-refractivity contribution in [1.29, 1.82) is 0 Å². The molecule has 82 valence electrons. The summed E-state index contributed by atoms with van der Waals surface area (Å²) >= 11 is 4.86. The van der Waals surface area contributed by atoms with Crippen molar-refractivity contribution in [3.8, 4) is 0 Å². The van der Waals surface area contributed by atoms with Crippen LogP contribution in [0.5, 0.6) is 0 Å². The standard InChI is InChI=1S/C9H12NO3PS.2Li/c1-7(9(11)12)10-14(13,15)8-5-3-2-4-6-8;;/h2-7H,1H3,(H,11,12)(H2,10,13,15);;/q;2*+1/p-2. The maximum absolute atomic E-state index is 11.9. The Balaban J connectivity index is 0. The van der Waals surface area contributed by atoms with E-state index in [0.717, 1.165) is 0 Å². The minimum Gasteiger partial charge on any atom is -0.807 e. The maximum Gasteiger partial charge on any atom is 1.00 e. The van der Waals surface area contributed by atoms with Crippen LogP contribution in [0.2, 0.25) is 0 Å². The molecule has 1 N–H and O–H groups in total. The van der Waals surface area contributed by atoms with Crippen LogP contribution in [0.3, 0.4) is 0 Å². The van der Waals surface area contributed by atoms with Gasteiger partial charge in [0, 0.05) is 6.04 Å². The molecular weight excluding hydrogens is 247 g/mol. The van der Waals surface area contributed by atoms with E-state index in [-0.39, 0.29) is 37.7 Å². The Hall–Kier alpha value is 0.455. The monoisotopic (exact) mass is 257 g/mol. The maximum atomic E-state index is 11.9. The molecule has 0 radical (unpaired) electrons. The fraction of sp³-hybridized carbons (Fsp3) is 0.222. The van der Waals surface area contributed by atoms with E-state index in [1.165, 1.54) is 6.92 Å². The third-order valence-corrected chi connectivity index (χ3v) is 4.47. The molecule has 1 aromatic carbocycles. The normalized spacial score (nSPS) is 14.7. The number of nitrogens with one attached hydrogen (secondary N) is 1. The Bertz CT molecular complexity index is 404. The SMILES string of the molecule is CC(NP([O-])(=S)c1ccccc1)C(=O)[O-].[Li+].[Li+]. The molecule has 0 fully saturated rings. The number of benzene rings is 1. The first kappa shape index (κ1) is 19.8. The van der Waals surface area contributed by atoms with Crippen LogP contribution in [0.4, 0.5) is 0 Å². The van der Waals surface area contributed by atoms with Crippen LogP contribution in [0, 0.1) is 0 Å². The Kier molecular flexibility index (Phi) is 9.94. The molecule has 0 amide bonds. The van der Waals surface area contributed by atoms with Gasteiger partial charge in [0.05, 0.1) is 5.97 Å². The summed E-state index contributed by atoms with van der Waals surface area (Å²) < 4.78 is 0. The molecule has 1 rings (SSSR count). The zero-order valence-electron chi connectivity index (χ0n) is 10.0. The molecule has 2 unspecified atom stereocenters. The summed E-state index contributed by atoms with van der Waals surface area (Å²) in [6.45, 7) is 1.34. The van der Waals surface area contributed by atoms with Gasteiger partial charge in [-0.25, -0.2) is 0 Å². The van der Waals surface area contributed by atoms with Gasteiger partial charge in [0.25, 0.3) is 0 Å². The van der Waals surface area contributed by atoms with E-state index in [2.05, 4.69) is 5.09 Å². The van der Waals surface area contributed by atoms with Crippen molar-refractivity contribution in [3.63, 3.8) is 0 Å². The Labute approximate surface area is 130 Å². The quantitative estimate of drug-likeness (QED) is 0.428. The number of carbonyl (C=O) groups excluding carboxylic acids is 1. The summed E-state index contributed by atoms with van der Waals surface area (Å²) in [6.07, 6.45) is -3.24. The van der Waals surface area contributed by atoms with Crippen molar-refractivity contribution >= 4 is 29.5 Å². The van der Waals surface area contributed by atoms with Gasteiger partial charge in [0.15, 0.2) is 0 Å². The summed E-state index contributed by atoms with van der Waals surface area (Å²) in [6, 6.07) is 7.32. The largest absolute Gasteiger partial charge is 1.00 e. The molecule has 1 aromatic rings. The van der Waals surface area contributed by atoms with Gasteiger partial charge in [-0.2, -0.15) is 0 Å². The van der Waals surface area contributed by atoms with Crippen LogP contribution >= 0.6 is 6.42 Å². The van der Waals surface area contributed by atoms with Gasteiger partial charge in [-0.05, 0) is 18.6 Å². The van der Waals surface area contributed by atoms with Gasteiger partial charge in [-0.1, -0.05) is 42.1 Å². The van der Waals surface area contributed by atoms with Crippen molar-refractivity contribution in [1.82, 2.24) is 5.09 Å². The number of carboxylic acid groups (broad SMARTS) is 1. The molecule has 0 saturated heterocycles. The minimum absolute atomic E-state index is 0. The molecule has 0 aliphatic rings. The van der Waals surface area contributed by atoms with E-state index in [1.54, 1.807) is 30.3 Å². The first-order valence-corrected chi connectivity index (χ1v) is 7.01. The van der Waals surface area contributed by atoms with E-state index in [4.69, 9.17) is 11.8 Å². The minimum atomic E-state index is -3.24. The van der Waals surface area contributed by atoms with Gasteiger partial charge in [-0.3, -0.25) is 5.09 Å². The van der Waals surface area contributed by atoms with Crippen LogP contribution in [-0.2, 0) is 16.6 Å². The summed E-state index contributed by atoms with van der Waals surface area (Å²) in [5.41, 5.74) is 0. The van der Waals surface area contributed by atoms with E-state index in [1.807, 2.05) is 0 Å². The number of carboxylic acids is 1. The molecule has 2 atom stereocenters. The number of hydrogen-bond acceptors (Lipinski definition) is 4. The molecule has 0 aliphatic carbocycles. The summed E-state index contributed by atoms with van der Waals surface area (Å²) in [4.78, 5) is 22.4. The summed E-state index contributed by atoms with van der Waals surface area (Å²) in [5, 5.41) is 13.3. The second-order valence-corrected chi connectivity index (χ2v) is 6.48. The van der Waals surface area contributed by atoms with Crippen LogP contribution in [-0.4, -0.2) is 12.0 Å². The fourth-order valence-corrected chi connectivity index (χ4v) is 3.17. The zero-order chi connectivity index (χ0) is 11.5. The average molecular weight is 257 g/mol. The van der Waals surface area contributed by atoms with Crippen molar-refractivity contribution in [2.24, 2.45) is 0 Å². The van der Waals surface area contributed by atoms with Crippen LogP contribution < -0.4 is 58.1 Å². The van der Waals surface area contributed by atoms with Crippen molar-refractivity contribution < 1.29 is 52.5 Å². The molecule has 0 bridgehead atoms. The third-order valence-electron chi connectivity index (χ3n) is 1.81. The van der Waals surface area contributed by atoms with Gasteiger partial charge in [0.2, 0.25) is 0 Å². The van der Waals surface area contributed by atoms with E-state index in [9.17, 15) is 14.8 Å². The molecule has 0 heterocycles. The molecule has 17 heavy (non-hydrogen) atoms. The van der Waals surface area contributed by atoms with Gasteiger partial charge in [0.1, 0.15) is 0 Å². The number of rotatable bonds is 4. The van der Waals surface area contributed by atoms with E-state index >= 15 is 0 Å². The third kappa shape index (κ3) is 6.25. The molecular formula is C9H10Li2NO3PS. The predicted molar refractivity (Wildman–Crippen MR) is 58.0 cm³/mol. The first-order valence-electron chi connectivity index (χ1n) is 4.29. The number of hydrogen-bond donors (Lipinski definition) is 1. The second kappa shape index (κ2) is 8.54. The number of carbonyl (C=O) groups is 1. The van der Waals surface area contributed by atoms with Crippen LogP contribution in [0.1, 0.15) is 6.92 Å². The van der Waals surface area contributed by atoms with Crippen molar-refractivity contribution in [3.05, 3.63) is 30.3 Å². The first-order chi connectivity index (χ1) is 6.93.